The first-order valence-corrected chi connectivity index (χ1v) is 9.43. The Morgan fingerprint density at radius 3 is 2.68 bits per heavy atom. The van der Waals surface area contributed by atoms with Gasteiger partial charge in [-0.2, -0.15) is 0 Å². The standard InChI is InChI=1S/C17H23N5O2S/c1-3-21-8-10-22(11-9-21)15-7-5-4-6-14(15)18-16(23)12-25-17-20-19-13(2)24-17/h4-7H,3,8-12H2,1-2H3,(H,18,23). The van der Waals surface area contributed by atoms with Crippen LogP contribution in [0.4, 0.5) is 11.4 Å². The van der Waals surface area contributed by atoms with Gasteiger partial charge in [-0.15, -0.1) is 10.2 Å². The minimum atomic E-state index is -0.0829. The van der Waals surface area contributed by atoms with Crippen LogP contribution in [0.5, 0.6) is 0 Å². The summed E-state index contributed by atoms with van der Waals surface area (Å²) >= 11 is 1.24. The quantitative estimate of drug-likeness (QED) is 0.791. The largest absolute Gasteiger partial charge is 0.416 e. The fourth-order valence-electron chi connectivity index (χ4n) is 2.81. The number of benzene rings is 1. The van der Waals surface area contributed by atoms with Gasteiger partial charge in [0.05, 0.1) is 17.1 Å². The molecule has 0 radical (unpaired) electrons. The average molecular weight is 361 g/mol. The molecule has 1 saturated heterocycles. The lowest BCUT2D eigenvalue weighted by Gasteiger charge is -2.36. The third-order valence-corrected chi connectivity index (χ3v) is 4.99. The number of rotatable bonds is 6. The molecule has 0 spiro atoms. The number of anilines is 2. The van der Waals surface area contributed by atoms with Crippen LogP contribution in [0.2, 0.25) is 0 Å². The van der Waals surface area contributed by atoms with Gasteiger partial charge in [0.1, 0.15) is 0 Å². The molecule has 2 heterocycles. The second kappa shape index (κ2) is 8.35. The third kappa shape index (κ3) is 4.73. The zero-order valence-electron chi connectivity index (χ0n) is 14.6. The molecule has 7 nitrogen and oxygen atoms in total. The van der Waals surface area contributed by atoms with Gasteiger partial charge in [-0.1, -0.05) is 30.8 Å². The van der Waals surface area contributed by atoms with Gasteiger partial charge >= 0.3 is 0 Å². The van der Waals surface area contributed by atoms with E-state index >= 15 is 0 Å². The molecule has 0 bridgehead atoms. The number of nitrogens with zero attached hydrogens (tertiary/aromatic N) is 4. The first-order valence-electron chi connectivity index (χ1n) is 8.45. The lowest BCUT2D eigenvalue weighted by Crippen LogP contribution is -2.46. The van der Waals surface area contributed by atoms with Gasteiger partial charge in [-0.3, -0.25) is 4.79 Å². The van der Waals surface area contributed by atoms with Crippen LogP contribution in [0.25, 0.3) is 0 Å². The number of nitrogens with one attached hydrogen (secondary N) is 1. The Balaban J connectivity index is 1.59. The van der Waals surface area contributed by atoms with Gasteiger partial charge < -0.3 is 19.5 Å². The summed E-state index contributed by atoms with van der Waals surface area (Å²) in [5.41, 5.74) is 1.92. The van der Waals surface area contributed by atoms with Crippen molar-refractivity contribution >= 4 is 29.0 Å². The SMILES string of the molecule is CCN1CCN(c2ccccc2NC(=O)CSc2nnc(C)o2)CC1. The number of thioether (sulfide) groups is 1. The van der Waals surface area contributed by atoms with Crippen molar-refractivity contribution in [2.24, 2.45) is 0 Å². The van der Waals surface area contributed by atoms with Crippen LogP contribution in [0.1, 0.15) is 12.8 Å². The van der Waals surface area contributed by atoms with Crippen molar-refractivity contribution < 1.29 is 9.21 Å². The molecular weight excluding hydrogens is 338 g/mol. The first kappa shape index (κ1) is 17.8. The lowest BCUT2D eigenvalue weighted by molar-refractivity contribution is -0.113. The van der Waals surface area contributed by atoms with Crippen molar-refractivity contribution in [3.63, 3.8) is 0 Å². The number of hydrogen-bond donors (Lipinski definition) is 1. The molecule has 1 fully saturated rings. The van der Waals surface area contributed by atoms with Gasteiger partial charge in [-0.05, 0) is 18.7 Å². The van der Waals surface area contributed by atoms with E-state index in [0.29, 0.717) is 11.1 Å². The highest BCUT2D eigenvalue weighted by Crippen LogP contribution is 2.27. The smallest absolute Gasteiger partial charge is 0.277 e. The number of piperazine rings is 1. The second-order valence-electron chi connectivity index (χ2n) is 5.86. The van der Waals surface area contributed by atoms with Gasteiger partial charge in [0.25, 0.3) is 5.22 Å². The molecule has 1 N–H and O–H groups in total. The molecule has 8 heteroatoms. The van der Waals surface area contributed by atoms with Crippen LogP contribution in [-0.2, 0) is 4.79 Å². The molecule has 0 aliphatic carbocycles. The van der Waals surface area contributed by atoms with Crippen LogP contribution >= 0.6 is 11.8 Å². The second-order valence-corrected chi connectivity index (χ2v) is 6.79. The van der Waals surface area contributed by atoms with E-state index in [0.717, 1.165) is 44.1 Å². The molecule has 2 aromatic rings. The Morgan fingerprint density at radius 2 is 2.00 bits per heavy atom. The summed E-state index contributed by atoms with van der Waals surface area (Å²) in [5.74, 6) is 0.652. The summed E-state index contributed by atoms with van der Waals surface area (Å²) in [5, 5.41) is 11.1. The molecule has 25 heavy (non-hydrogen) atoms. The maximum Gasteiger partial charge on any atom is 0.277 e. The Labute approximate surface area is 151 Å². The van der Waals surface area contributed by atoms with E-state index in [-0.39, 0.29) is 11.7 Å². The fraction of sp³-hybridized carbons (Fsp3) is 0.471. The normalized spacial score (nSPS) is 15.4. The van der Waals surface area contributed by atoms with E-state index in [9.17, 15) is 4.79 Å². The summed E-state index contributed by atoms with van der Waals surface area (Å²) in [4.78, 5) is 17.0. The third-order valence-electron chi connectivity index (χ3n) is 4.17. The Morgan fingerprint density at radius 1 is 1.24 bits per heavy atom. The number of hydrogen-bond acceptors (Lipinski definition) is 7. The molecule has 3 rings (SSSR count). The minimum Gasteiger partial charge on any atom is -0.416 e. The number of amides is 1. The van der Waals surface area contributed by atoms with Crippen LogP contribution in [-0.4, -0.2) is 59.5 Å². The molecule has 1 aromatic heterocycles. The highest BCUT2D eigenvalue weighted by Gasteiger charge is 2.19. The van der Waals surface area contributed by atoms with Crippen molar-refractivity contribution in [2.45, 2.75) is 19.1 Å². The molecule has 0 atom stereocenters. The van der Waals surface area contributed by atoms with E-state index in [2.05, 4.69) is 38.3 Å². The molecule has 1 aromatic carbocycles. The highest BCUT2D eigenvalue weighted by molar-refractivity contribution is 7.99. The van der Waals surface area contributed by atoms with Crippen LogP contribution in [0, 0.1) is 6.92 Å². The molecule has 1 aliphatic rings. The van der Waals surface area contributed by atoms with Crippen molar-refractivity contribution in [3.8, 4) is 0 Å². The Kier molecular flexibility index (Phi) is 5.93. The fourth-order valence-corrected chi connectivity index (χ4v) is 3.42. The van der Waals surface area contributed by atoms with E-state index in [1.54, 1.807) is 6.92 Å². The van der Waals surface area contributed by atoms with E-state index < -0.39 is 0 Å². The van der Waals surface area contributed by atoms with E-state index in [1.807, 2.05) is 18.2 Å². The molecule has 134 valence electrons. The summed E-state index contributed by atoms with van der Waals surface area (Å²) in [6.45, 7) is 9.03. The maximum atomic E-state index is 12.3. The number of carbonyl (C=O) groups is 1. The molecular formula is C17H23N5O2S. The Hall–Kier alpha value is -2.06. The summed E-state index contributed by atoms with van der Waals surface area (Å²) in [6, 6.07) is 7.95. The zero-order chi connectivity index (χ0) is 17.6. The zero-order valence-corrected chi connectivity index (χ0v) is 15.4. The predicted octanol–water partition coefficient (Wildman–Crippen LogP) is 2.25. The molecule has 0 unspecified atom stereocenters. The van der Waals surface area contributed by atoms with Crippen molar-refractivity contribution in [3.05, 3.63) is 30.2 Å². The van der Waals surface area contributed by atoms with Gasteiger partial charge in [-0.25, -0.2) is 0 Å². The minimum absolute atomic E-state index is 0.0829. The van der Waals surface area contributed by atoms with Crippen molar-refractivity contribution in [2.75, 3.05) is 48.7 Å². The molecule has 0 saturated carbocycles. The van der Waals surface area contributed by atoms with Crippen molar-refractivity contribution in [1.29, 1.82) is 0 Å². The summed E-state index contributed by atoms with van der Waals surface area (Å²) < 4.78 is 5.27. The van der Waals surface area contributed by atoms with Gasteiger partial charge in [0, 0.05) is 33.1 Å². The van der Waals surface area contributed by atoms with Gasteiger partial charge in [0.2, 0.25) is 11.8 Å². The van der Waals surface area contributed by atoms with Gasteiger partial charge in [0.15, 0.2) is 0 Å². The first-order chi connectivity index (χ1) is 12.2. The number of carbonyl (C=O) groups excluding carboxylic acids is 1. The van der Waals surface area contributed by atoms with E-state index in [4.69, 9.17) is 4.42 Å². The lowest BCUT2D eigenvalue weighted by atomic mass is 10.2. The Bertz CT molecular complexity index is 713. The van der Waals surface area contributed by atoms with E-state index in [1.165, 1.54) is 11.8 Å². The monoisotopic (exact) mass is 361 g/mol. The molecule has 1 amide bonds. The number of likely N-dealkylation sites (N-methyl/N-ethyl adjacent to an activating group) is 1. The number of para-hydroxylation sites is 2. The summed E-state index contributed by atoms with van der Waals surface area (Å²) in [6.07, 6.45) is 0. The number of aromatic nitrogens is 2. The van der Waals surface area contributed by atoms with Crippen LogP contribution in [0.3, 0.4) is 0 Å². The number of aryl methyl sites for hydroxylation is 1. The van der Waals surface area contributed by atoms with Crippen LogP contribution < -0.4 is 10.2 Å². The average Bonchev–Trinajstić information content (AvgIpc) is 3.06. The molecule has 1 aliphatic heterocycles. The topological polar surface area (TPSA) is 74.5 Å². The summed E-state index contributed by atoms with van der Waals surface area (Å²) in [7, 11) is 0. The van der Waals surface area contributed by atoms with Crippen LogP contribution in [0.15, 0.2) is 33.9 Å². The van der Waals surface area contributed by atoms with Crippen molar-refractivity contribution in [1.82, 2.24) is 15.1 Å². The maximum absolute atomic E-state index is 12.3. The predicted molar refractivity (Wildman–Crippen MR) is 99.2 cm³/mol. The highest BCUT2D eigenvalue weighted by atomic mass is 32.2.